The standard InChI is InChI=1S/C21H24BrN3O5/c1-6-28-19(26)16-11(2)29-18(24)14(10-23)17(16)13-9-12(22)7-8-15(13)25-20(27)30-21(3,4)5/h7-9,17H,6,24H2,1-5H3,(H,25,27). The number of nitrogens with zero attached hydrogens (tertiary/aromatic N) is 1. The van der Waals surface area contributed by atoms with Gasteiger partial charge in [-0.1, -0.05) is 15.9 Å². The summed E-state index contributed by atoms with van der Waals surface area (Å²) in [6, 6.07) is 7.07. The van der Waals surface area contributed by atoms with Gasteiger partial charge in [-0.25, -0.2) is 9.59 Å². The van der Waals surface area contributed by atoms with E-state index >= 15 is 0 Å². The van der Waals surface area contributed by atoms with Crippen molar-refractivity contribution in [2.75, 3.05) is 11.9 Å². The Hall–Kier alpha value is -2.99. The van der Waals surface area contributed by atoms with Crippen molar-refractivity contribution in [3.05, 3.63) is 51.0 Å². The predicted molar refractivity (Wildman–Crippen MR) is 114 cm³/mol. The lowest BCUT2D eigenvalue weighted by molar-refractivity contribution is -0.139. The summed E-state index contributed by atoms with van der Waals surface area (Å²) < 4.78 is 16.6. The molecule has 1 aromatic carbocycles. The third-order valence-electron chi connectivity index (χ3n) is 4.06. The first-order valence-corrected chi connectivity index (χ1v) is 10.0. The third kappa shape index (κ3) is 5.33. The van der Waals surface area contributed by atoms with Crippen molar-refractivity contribution in [3.8, 4) is 6.07 Å². The fourth-order valence-electron chi connectivity index (χ4n) is 2.97. The van der Waals surface area contributed by atoms with Gasteiger partial charge in [0.05, 0.1) is 18.1 Å². The SMILES string of the molecule is CCOC(=O)C1=C(C)OC(N)=C(C#N)C1c1cc(Br)ccc1NC(=O)OC(C)(C)C. The molecule has 160 valence electrons. The van der Waals surface area contributed by atoms with E-state index < -0.39 is 23.6 Å². The van der Waals surface area contributed by atoms with Gasteiger partial charge in [0.25, 0.3) is 0 Å². The first-order valence-electron chi connectivity index (χ1n) is 9.23. The zero-order valence-electron chi connectivity index (χ0n) is 17.5. The molecule has 1 heterocycles. The van der Waals surface area contributed by atoms with Gasteiger partial charge in [-0.05, 0) is 58.4 Å². The molecular formula is C21H24BrN3O5. The lowest BCUT2D eigenvalue weighted by Crippen LogP contribution is -2.29. The number of halogens is 1. The Morgan fingerprint density at radius 3 is 2.60 bits per heavy atom. The minimum atomic E-state index is -0.898. The van der Waals surface area contributed by atoms with Crippen molar-refractivity contribution < 1.29 is 23.8 Å². The van der Waals surface area contributed by atoms with Crippen molar-refractivity contribution >= 4 is 33.7 Å². The summed E-state index contributed by atoms with van der Waals surface area (Å²) in [6.07, 6.45) is -0.674. The summed E-state index contributed by atoms with van der Waals surface area (Å²) in [7, 11) is 0. The van der Waals surface area contributed by atoms with E-state index in [2.05, 4.69) is 21.2 Å². The van der Waals surface area contributed by atoms with Crippen LogP contribution in [0.4, 0.5) is 10.5 Å². The highest BCUT2D eigenvalue weighted by Gasteiger charge is 2.38. The number of carbonyl (C=O) groups is 2. The van der Waals surface area contributed by atoms with E-state index in [1.807, 2.05) is 6.07 Å². The summed E-state index contributed by atoms with van der Waals surface area (Å²) in [5.41, 5.74) is 6.22. The van der Waals surface area contributed by atoms with Crippen LogP contribution in [0.3, 0.4) is 0 Å². The molecule has 0 bridgehead atoms. The molecular weight excluding hydrogens is 454 g/mol. The second kappa shape index (κ2) is 9.22. The molecule has 0 radical (unpaired) electrons. The molecule has 9 heteroatoms. The van der Waals surface area contributed by atoms with E-state index in [1.165, 1.54) is 0 Å². The molecule has 0 spiro atoms. The van der Waals surface area contributed by atoms with Crippen LogP contribution < -0.4 is 11.1 Å². The van der Waals surface area contributed by atoms with E-state index in [4.69, 9.17) is 19.9 Å². The van der Waals surface area contributed by atoms with Crippen LogP contribution in [-0.2, 0) is 19.0 Å². The Morgan fingerprint density at radius 2 is 2.03 bits per heavy atom. The second-order valence-electron chi connectivity index (χ2n) is 7.47. The number of rotatable bonds is 4. The van der Waals surface area contributed by atoms with Gasteiger partial charge in [-0.15, -0.1) is 0 Å². The first-order chi connectivity index (χ1) is 14.0. The molecule has 0 fully saturated rings. The molecule has 1 unspecified atom stereocenters. The van der Waals surface area contributed by atoms with Crippen molar-refractivity contribution in [1.29, 1.82) is 5.26 Å². The van der Waals surface area contributed by atoms with Gasteiger partial charge in [0.1, 0.15) is 23.0 Å². The number of esters is 1. The summed E-state index contributed by atoms with van der Waals surface area (Å²) in [4.78, 5) is 25.1. The van der Waals surface area contributed by atoms with Crippen LogP contribution in [0.5, 0.6) is 0 Å². The molecule has 1 aromatic rings. The van der Waals surface area contributed by atoms with Crippen LogP contribution in [0.25, 0.3) is 0 Å². The molecule has 0 aliphatic carbocycles. The van der Waals surface area contributed by atoms with Crippen LogP contribution in [0.1, 0.15) is 46.1 Å². The van der Waals surface area contributed by atoms with Gasteiger partial charge in [-0.2, -0.15) is 5.26 Å². The molecule has 8 nitrogen and oxygen atoms in total. The topological polar surface area (TPSA) is 124 Å². The lowest BCUT2D eigenvalue weighted by Gasteiger charge is -2.28. The predicted octanol–water partition coefficient (Wildman–Crippen LogP) is 4.44. The highest BCUT2D eigenvalue weighted by molar-refractivity contribution is 9.10. The number of allylic oxidation sites excluding steroid dienone is 2. The summed E-state index contributed by atoms with van der Waals surface area (Å²) in [6.45, 7) is 8.63. The average Bonchev–Trinajstić information content (AvgIpc) is 2.61. The number of anilines is 1. The Bertz CT molecular complexity index is 970. The Kier molecular flexibility index (Phi) is 7.16. The van der Waals surface area contributed by atoms with Crippen molar-refractivity contribution in [2.24, 2.45) is 5.73 Å². The zero-order valence-corrected chi connectivity index (χ0v) is 19.0. The fourth-order valence-corrected chi connectivity index (χ4v) is 3.34. The molecule has 1 amide bonds. The minimum Gasteiger partial charge on any atom is -0.463 e. The van der Waals surface area contributed by atoms with E-state index in [9.17, 15) is 14.9 Å². The number of hydrogen-bond acceptors (Lipinski definition) is 7. The minimum absolute atomic E-state index is 0.0361. The number of benzene rings is 1. The number of nitriles is 1. The summed E-state index contributed by atoms with van der Waals surface area (Å²) in [5, 5.41) is 12.4. The largest absolute Gasteiger partial charge is 0.463 e. The van der Waals surface area contributed by atoms with Gasteiger partial charge in [0.2, 0.25) is 5.88 Å². The molecule has 0 aromatic heterocycles. The Morgan fingerprint density at radius 1 is 1.37 bits per heavy atom. The maximum atomic E-state index is 12.7. The van der Waals surface area contributed by atoms with Crippen LogP contribution >= 0.6 is 15.9 Å². The van der Waals surface area contributed by atoms with Gasteiger partial charge in [-0.3, -0.25) is 5.32 Å². The monoisotopic (exact) mass is 477 g/mol. The molecule has 1 aliphatic heterocycles. The highest BCUT2D eigenvalue weighted by Crippen LogP contribution is 2.43. The van der Waals surface area contributed by atoms with Crippen molar-refractivity contribution in [3.63, 3.8) is 0 Å². The first kappa shape index (κ1) is 23.3. The number of nitrogens with two attached hydrogens (primary N) is 1. The molecule has 30 heavy (non-hydrogen) atoms. The lowest BCUT2D eigenvalue weighted by atomic mass is 9.82. The number of amides is 1. The normalized spacial score (nSPS) is 16.5. The van der Waals surface area contributed by atoms with Gasteiger partial charge in [0, 0.05) is 10.2 Å². The molecule has 1 aliphatic rings. The van der Waals surface area contributed by atoms with E-state index in [0.29, 0.717) is 15.7 Å². The van der Waals surface area contributed by atoms with Gasteiger partial charge in [0.15, 0.2) is 0 Å². The summed E-state index contributed by atoms with van der Waals surface area (Å²) >= 11 is 3.40. The number of carbonyl (C=O) groups excluding carboxylic acids is 2. The second-order valence-corrected chi connectivity index (χ2v) is 8.39. The van der Waals surface area contributed by atoms with E-state index in [-0.39, 0.29) is 29.4 Å². The Balaban J connectivity index is 2.63. The zero-order chi connectivity index (χ0) is 22.6. The summed E-state index contributed by atoms with van der Waals surface area (Å²) in [5.74, 6) is -1.43. The quantitative estimate of drug-likeness (QED) is 0.613. The maximum Gasteiger partial charge on any atom is 0.412 e. The van der Waals surface area contributed by atoms with E-state index in [1.54, 1.807) is 52.8 Å². The van der Waals surface area contributed by atoms with E-state index in [0.717, 1.165) is 0 Å². The van der Waals surface area contributed by atoms with Crippen molar-refractivity contribution in [2.45, 2.75) is 46.1 Å². The molecule has 1 atom stereocenters. The number of ether oxygens (including phenoxy) is 3. The van der Waals surface area contributed by atoms with Gasteiger partial charge < -0.3 is 19.9 Å². The highest BCUT2D eigenvalue weighted by atomic mass is 79.9. The van der Waals surface area contributed by atoms with Crippen LogP contribution in [-0.4, -0.2) is 24.3 Å². The van der Waals surface area contributed by atoms with Crippen molar-refractivity contribution in [1.82, 2.24) is 0 Å². The van der Waals surface area contributed by atoms with Crippen LogP contribution in [0.2, 0.25) is 0 Å². The number of hydrogen-bond donors (Lipinski definition) is 2. The molecule has 2 rings (SSSR count). The van der Waals surface area contributed by atoms with Crippen LogP contribution in [0.15, 0.2) is 45.5 Å². The number of nitrogens with one attached hydrogen (secondary N) is 1. The third-order valence-corrected chi connectivity index (χ3v) is 4.55. The molecule has 0 saturated heterocycles. The molecule has 3 N–H and O–H groups in total. The Labute approximate surface area is 183 Å². The fraction of sp³-hybridized carbons (Fsp3) is 0.381. The molecule has 0 saturated carbocycles. The van der Waals surface area contributed by atoms with Crippen LogP contribution in [0, 0.1) is 11.3 Å². The van der Waals surface area contributed by atoms with Gasteiger partial charge >= 0.3 is 12.1 Å². The smallest absolute Gasteiger partial charge is 0.412 e. The average molecular weight is 478 g/mol. The maximum absolute atomic E-state index is 12.7.